The van der Waals surface area contributed by atoms with Gasteiger partial charge in [0.25, 0.3) is 0 Å². The van der Waals surface area contributed by atoms with E-state index in [9.17, 15) is 11.0 Å². The van der Waals surface area contributed by atoms with Crippen molar-refractivity contribution in [3.8, 4) is 66.8 Å². The van der Waals surface area contributed by atoms with Crippen molar-refractivity contribution in [1.82, 2.24) is 0 Å². The van der Waals surface area contributed by atoms with Gasteiger partial charge in [0, 0.05) is 116 Å². The lowest BCUT2D eigenvalue weighted by molar-refractivity contribution is 0.653. The molecule has 0 fully saturated rings. The second kappa shape index (κ2) is 31.8. The molecule has 24 aromatic rings. The van der Waals surface area contributed by atoms with Gasteiger partial charge in [-0.05, 0) is 261 Å². The highest BCUT2D eigenvalue weighted by Crippen LogP contribution is 2.59. The number of anilines is 9. The van der Waals surface area contributed by atoms with Crippen LogP contribution in [0.15, 0.2) is 468 Å². The summed E-state index contributed by atoms with van der Waals surface area (Å²) in [4.78, 5) is 5.69. The van der Waals surface area contributed by atoms with Gasteiger partial charge < -0.3 is 28.0 Å². The smallest absolute Gasteiger partial charge is 0.143 e. The molecule has 0 atom stereocenters. The van der Waals surface area contributed by atoms with E-state index >= 15 is 0 Å². The van der Waals surface area contributed by atoms with Crippen LogP contribution in [0.2, 0.25) is 0 Å². The lowest BCUT2D eigenvalue weighted by atomic mass is 9.82. The largest absolute Gasteiger partial charge is 0.455 e. The number of benzene rings is 21. The van der Waals surface area contributed by atoms with Crippen LogP contribution in [0.25, 0.3) is 165 Å². The minimum absolute atomic E-state index is 0.0568. The van der Waals surface area contributed by atoms with Gasteiger partial charge in [0.05, 0.1) is 30.2 Å². The summed E-state index contributed by atoms with van der Waals surface area (Å²) in [6.45, 7) is 13.2. The minimum Gasteiger partial charge on any atom is -0.455 e. The number of fused-ring (bicyclic) bond motifs is 24. The van der Waals surface area contributed by atoms with Crippen LogP contribution in [0.3, 0.4) is 0 Å². The predicted octanol–water partition coefficient (Wildman–Crippen LogP) is 36.5. The second-order valence-corrected chi connectivity index (χ2v) is 36.0. The van der Waals surface area contributed by atoms with E-state index in [0.717, 1.165) is 155 Å². The zero-order chi connectivity index (χ0) is 110. The van der Waals surface area contributed by atoms with Gasteiger partial charge in [0.1, 0.15) is 33.5 Å². The van der Waals surface area contributed by atoms with Crippen molar-refractivity contribution >= 4 is 149 Å². The molecule has 0 saturated carbocycles. The summed E-state index contributed by atoms with van der Waals surface area (Å²) < 4.78 is 213. The van der Waals surface area contributed by atoms with E-state index in [1.165, 1.54) is 16.7 Å². The van der Waals surface area contributed by atoms with Gasteiger partial charge in [-0.25, -0.2) is 0 Å². The van der Waals surface area contributed by atoms with Crippen molar-refractivity contribution in [3.05, 3.63) is 488 Å². The molecular formula is C129H93N3O3. The highest BCUT2D eigenvalue weighted by molar-refractivity contribution is 6.15. The normalized spacial score (nSPS) is 15.6. The maximum atomic E-state index is 9.39. The molecule has 0 bridgehead atoms. The van der Waals surface area contributed by atoms with Gasteiger partial charge in [-0.15, -0.1) is 0 Å². The second-order valence-electron chi connectivity index (χ2n) is 36.0. The van der Waals surface area contributed by atoms with Crippen molar-refractivity contribution in [1.29, 1.82) is 0 Å². The Morgan fingerprint density at radius 2 is 0.511 bits per heavy atom. The average molecular weight is 1760 g/mol. The predicted molar refractivity (Wildman–Crippen MR) is 567 cm³/mol. The lowest BCUT2D eigenvalue weighted by Crippen LogP contribution is -2.16. The summed E-state index contributed by atoms with van der Waals surface area (Å²) in [5.74, 6) is 0. The Morgan fingerprint density at radius 3 is 0.911 bits per heavy atom. The first-order valence-corrected chi connectivity index (χ1v) is 45.0. The highest BCUT2D eigenvalue weighted by Gasteiger charge is 2.42. The molecule has 0 N–H and O–H groups in total. The monoisotopic (exact) mass is 1750 g/mol. The Bertz CT molecular complexity index is 10200. The van der Waals surface area contributed by atoms with Gasteiger partial charge in [-0.3, -0.25) is 0 Å². The molecule has 0 spiro atoms. The molecule has 27 rings (SSSR count). The number of hydrogen-bond acceptors (Lipinski definition) is 6. The average Bonchev–Trinajstić information content (AvgIpc) is 1.62. The summed E-state index contributed by atoms with van der Waals surface area (Å²) in [6, 6.07) is 96.7. The molecule has 135 heavy (non-hydrogen) atoms. The van der Waals surface area contributed by atoms with Crippen LogP contribution < -0.4 is 14.7 Å². The van der Waals surface area contributed by atoms with Crippen LogP contribution in [0.4, 0.5) is 51.2 Å². The number of hydrogen-bond donors (Lipinski definition) is 0. The summed E-state index contributed by atoms with van der Waals surface area (Å²) in [5, 5.41) is 7.63. The van der Waals surface area contributed by atoms with E-state index in [4.69, 9.17) is 32.4 Å². The fraction of sp³-hybridized carbons (Fsp3) is 0.0698. The van der Waals surface area contributed by atoms with Gasteiger partial charge in [-0.2, -0.15) is 0 Å². The quantitative estimate of drug-likeness (QED) is 0.121. The molecule has 0 saturated heterocycles. The minimum atomic E-state index is -0.639. The maximum absolute atomic E-state index is 9.39. The molecule has 21 aromatic carbocycles. The third-order valence-corrected chi connectivity index (χ3v) is 27.2. The molecule has 0 aliphatic heterocycles. The van der Waals surface area contributed by atoms with Crippen LogP contribution in [0.5, 0.6) is 0 Å². The highest BCUT2D eigenvalue weighted by atomic mass is 16.3. The van der Waals surface area contributed by atoms with E-state index in [1.54, 1.807) is 29.2 Å². The van der Waals surface area contributed by atoms with Crippen LogP contribution in [-0.2, 0) is 16.2 Å². The number of rotatable bonds is 12. The molecule has 3 heterocycles. The molecule has 3 aliphatic rings. The zero-order valence-corrected chi connectivity index (χ0v) is 74.2. The molecule has 6 heteroatoms. The molecular weight excluding hydrogens is 1640 g/mol. The zero-order valence-electron chi connectivity index (χ0n) is 96.2. The number of para-hydroxylation sites is 6. The van der Waals surface area contributed by atoms with Crippen LogP contribution in [-0.4, -0.2) is 0 Å². The Hall–Kier alpha value is -16.8. The van der Waals surface area contributed by atoms with Gasteiger partial charge in [0.2, 0.25) is 0 Å². The molecule has 0 amide bonds. The van der Waals surface area contributed by atoms with Gasteiger partial charge >= 0.3 is 0 Å². The fourth-order valence-corrected chi connectivity index (χ4v) is 20.4. The van der Waals surface area contributed by atoms with Gasteiger partial charge in [-0.1, -0.05) is 351 Å². The molecule has 3 aliphatic carbocycles. The third kappa shape index (κ3) is 13.4. The maximum Gasteiger partial charge on any atom is 0.143 e. The van der Waals surface area contributed by atoms with Crippen LogP contribution >= 0.6 is 0 Å². The first-order chi connectivity index (χ1) is 75.4. The topological polar surface area (TPSA) is 49.1 Å². The lowest BCUT2D eigenvalue weighted by Gasteiger charge is -2.28. The Balaban J connectivity index is 0.000000121. The standard InChI is InChI=1S/3C43H31NO/c3*1-43(2)38-25-24-36-35-14-8-9-15-40(35)45-42(36)41(38)37-23-22-34(27-39(37)43)44(32-12-4-3-5-13-32)33-20-18-29(19-21-33)31-17-16-28-10-6-7-11-30(28)26-31/h3*3-27H,1-2H3/i6D,7D,10D,11D,16D,17D,18D,19D,20D,21D,26D;6D,7D,10D,11D,16D,17D,26D;18D,19D,20D,21D. The first kappa shape index (κ1) is 60.2. The Kier molecular flexibility index (Phi) is 14.2. The van der Waals surface area contributed by atoms with Crippen LogP contribution in [0.1, 0.15) is 105 Å². The number of nitrogens with zero attached hydrogens (tertiary/aromatic N) is 3. The van der Waals surface area contributed by atoms with Crippen molar-refractivity contribution < 1.29 is 43.4 Å². The van der Waals surface area contributed by atoms with E-state index < -0.39 is 101 Å². The first-order valence-electron chi connectivity index (χ1n) is 56.0. The van der Waals surface area contributed by atoms with E-state index in [2.05, 4.69) is 125 Å². The molecule has 642 valence electrons. The van der Waals surface area contributed by atoms with Crippen molar-refractivity contribution in [2.24, 2.45) is 0 Å². The summed E-state index contributed by atoms with van der Waals surface area (Å²) in [6.07, 6.45) is 0. The van der Waals surface area contributed by atoms with Crippen molar-refractivity contribution in [2.75, 3.05) is 14.7 Å². The van der Waals surface area contributed by atoms with E-state index in [1.807, 2.05) is 223 Å². The van der Waals surface area contributed by atoms with Crippen molar-refractivity contribution in [2.45, 2.75) is 57.8 Å². The summed E-state index contributed by atoms with van der Waals surface area (Å²) >= 11 is 0. The Labute approximate surface area is 815 Å². The SMILES string of the molecule is [2H]c1c([2H])c(N(c2ccccc2)c2ccc3c(c2)C(C)(C)c2ccc4c(oc5ccccc54)c2-3)c([2H])c([2H])c1-c1c([2H])c([2H])c2c([2H])c([2H])c([2H])c([2H])c2c1[2H].[2H]c1c([2H])c(N(c2ccccc2)c2ccc3c(c2)C(C)(C)c2ccc4c(oc5ccccc54)c2-3)c([2H])c([2H])c1-c1ccc2ccccc2c1.[2H]c1c([2H])c([2H])c2c([2H])c(-c3ccc(N(c4ccccc4)c4ccc5c(c4)C(C)(C)c4ccc6c(oc7ccccc76)c4-5)cc3)c([2H])c([2H])c2c1[2H]. The Morgan fingerprint density at radius 1 is 0.200 bits per heavy atom. The summed E-state index contributed by atoms with van der Waals surface area (Å²) in [7, 11) is 0. The third-order valence-electron chi connectivity index (χ3n) is 27.2. The van der Waals surface area contributed by atoms with E-state index in [-0.39, 0.29) is 103 Å². The molecule has 6 nitrogen and oxygen atoms in total. The fourth-order valence-electron chi connectivity index (χ4n) is 20.4. The van der Waals surface area contributed by atoms with Crippen molar-refractivity contribution in [3.63, 3.8) is 0 Å². The molecule has 3 aromatic heterocycles. The van der Waals surface area contributed by atoms with E-state index in [0.29, 0.717) is 22.5 Å². The van der Waals surface area contributed by atoms with Crippen LogP contribution in [0, 0.1) is 0 Å². The molecule has 0 unspecified atom stereocenters. The number of furan rings is 3. The molecule has 0 radical (unpaired) electrons. The summed E-state index contributed by atoms with van der Waals surface area (Å²) in [5.41, 5.74) is 23.4. The van der Waals surface area contributed by atoms with Gasteiger partial charge in [0.15, 0.2) is 0 Å².